The molecule has 0 amide bonds. The van der Waals surface area contributed by atoms with Crippen molar-refractivity contribution in [2.75, 3.05) is 11.4 Å². The van der Waals surface area contributed by atoms with E-state index in [-0.39, 0.29) is 6.61 Å². The van der Waals surface area contributed by atoms with Gasteiger partial charge in [-0.3, -0.25) is 0 Å². The highest BCUT2D eigenvalue weighted by atomic mass is 16.3. The molecule has 2 heterocycles. The van der Waals surface area contributed by atoms with E-state index in [0.29, 0.717) is 12.0 Å². The molecule has 1 aliphatic rings. The Hall–Kier alpha value is -1.09. The maximum atomic E-state index is 9.02. The number of piperidine rings is 1. The first-order valence-electron chi connectivity index (χ1n) is 6.44. The van der Waals surface area contributed by atoms with Gasteiger partial charge in [-0.25, -0.2) is 4.98 Å². The van der Waals surface area contributed by atoms with Crippen molar-refractivity contribution in [2.24, 2.45) is 11.8 Å². The molecule has 94 valence electrons. The van der Waals surface area contributed by atoms with Gasteiger partial charge in [0.2, 0.25) is 0 Å². The van der Waals surface area contributed by atoms with Gasteiger partial charge in [-0.15, -0.1) is 0 Å². The zero-order chi connectivity index (χ0) is 12.4. The van der Waals surface area contributed by atoms with Crippen LogP contribution in [0.2, 0.25) is 0 Å². The highest BCUT2D eigenvalue weighted by molar-refractivity contribution is 5.41. The van der Waals surface area contributed by atoms with Crippen molar-refractivity contribution >= 4 is 5.82 Å². The van der Waals surface area contributed by atoms with E-state index in [1.54, 1.807) is 6.20 Å². The molecule has 1 N–H and O–H groups in total. The molecule has 17 heavy (non-hydrogen) atoms. The third-order valence-corrected chi connectivity index (χ3v) is 3.88. The van der Waals surface area contributed by atoms with Crippen LogP contribution in [0.1, 0.15) is 32.8 Å². The van der Waals surface area contributed by atoms with Gasteiger partial charge in [0.05, 0.1) is 6.61 Å². The lowest BCUT2D eigenvalue weighted by Gasteiger charge is -2.41. The Balaban J connectivity index is 2.19. The first kappa shape index (κ1) is 12.4. The molecule has 3 atom stereocenters. The van der Waals surface area contributed by atoms with Gasteiger partial charge in [-0.2, -0.15) is 0 Å². The fourth-order valence-electron chi connectivity index (χ4n) is 2.70. The molecule has 2 rings (SSSR count). The van der Waals surface area contributed by atoms with Crippen molar-refractivity contribution in [3.8, 4) is 0 Å². The fourth-order valence-corrected chi connectivity index (χ4v) is 2.70. The smallest absolute Gasteiger partial charge is 0.128 e. The Morgan fingerprint density at radius 1 is 1.35 bits per heavy atom. The highest BCUT2D eigenvalue weighted by Gasteiger charge is 2.29. The maximum absolute atomic E-state index is 9.02. The van der Waals surface area contributed by atoms with Crippen LogP contribution in [-0.4, -0.2) is 22.7 Å². The van der Waals surface area contributed by atoms with Crippen LogP contribution in [0.3, 0.4) is 0 Å². The molecular formula is C14H22N2O. The molecule has 0 radical (unpaired) electrons. The lowest BCUT2D eigenvalue weighted by molar-refractivity contribution is 0.281. The summed E-state index contributed by atoms with van der Waals surface area (Å²) in [4.78, 5) is 6.85. The molecule has 1 aromatic heterocycles. The van der Waals surface area contributed by atoms with Crippen molar-refractivity contribution in [3.63, 3.8) is 0 Å². The minimum absolute atomic E-state index is 0.0651. The van der Waals surface area contributed by atoms with Crippen LogP contribution in [0.15, 0.2) is 18.3 Å². The molecule has 3 nitrogen and oxygen atoms in total. The predicted molar refractivity (Wildman–Crippen MR) is 69.9 cm³/mol. The zero-order valence-corrected chi connectivity index (χ0v) is 10.9. The van der Waals surface area contributed by atoms with E-state index in [1.165, 1.54) is 6.42 Å². The third kappa shape index (κ3) is 2.60. The van der Waals surface area contributed by atoms with Crippen molar-refractivity contribution in [1.29, 1.82) is 0 Å². The van der Waals surface area contributed by atoms with Crippen molar-refractivity contribution in [1.82, 2.24) is 4.98 Å². The summed E-state index contributed by atoms with van der Waals surface area (Å²) in [7, 11) is 0. The largest absolute Gasteiger partial charge is 0.392 e. The Labute approximate surface area is 103 Å². The van der Waals surface area contributed by atoms with Gasteiger partial charge in [-0.05, 0) is 36.8 Å². The summed E-state index contributed by atoms with van der Waals surface area (Å²) < 4.78 is 0. The van der Waals surface area contributed by atoms with Crippen LogP contribution in [0.4, 0.5) is 5.82 Å². The Kier molecular flexibility index (Phi) is 3.67. The van der Waals surface area contributed by atoms with E-state index in [2.05, 4.69) is 30.7 Å². The van der Waals surface area contributed by atoms with Crippen LogP contribution in [0, 0.1) is 11.8 Å². The van der Waals surface area contributed by atoms with Gasteiger partial charge in [0.1, 0.15) is 5.82 Å². The van der Waals surface area contributed by atoms with Crippen molar-refractivity contribution in [3.05, 3.63) is 23.9 Å². The van der Waals surface area contributed by atoms with Gasteiger partial charge in [0.25, 0.3) is 0 Å². The second kappa shape index (κ2) is 5.05. The number of hydrogen-bond donors (Lipinski definition) is 1. The number of aliphatic hydroxyl groups is 1. The van der Waals surface area contributed by atoms with Gasteiger partial charge in [-0.1, -0.05) is 19.9 Å². The van der Waals surface area contributed by atoms with E-state index in [4.69, 9.17) is 5.11 Å². The molecule has 0 aliphatic carbocycles. The Morgan fingerprint density at radius 2 is 2.12 bits per heavy atom. The molecule has 1 aromatic rings. The number of anilines is 1. The quantitative estimate of drug-likeness (QED) is 0.854. The summed E-state index contributed by atoms with van der Waals surface area (Å²) in [5.74, 6) is 2.46. The Bertz CT molecular complexity index is 363. The van der Waals surface area contributed by atoms with Crippen LogP contribution < -0.4 is 4.90 Å². The number of nitrogens with zero attached hydrogens (tertiary/aromatic N) is 2. The van der Waals surface area contributed by atoms with Gasteiger partial charge in [0.15, 0.2) is 0 Å². The molecule has 1 fully saturated rings. The number of rotatable bonds is 2. The van der Waals surface area contributed by atoms with Crippen molar-refractivity contribution < 1.29 is 5.11 Å². The summed E-state index contributed by atoms with van der Waals surface area (Å²) in [5.41, 5.74) is 0.875. The second-order valence-corrected chi connectivity index (χ2v) is 5.39. The average molecular weight is 234 g/mol. The summed E-state index contributed by atoms with van der Waals surface area (Å²) in [6.45, 7) is 8.04. The minimum Gasteiger partial charge on any atom is -0.392 e. The van der Waals surface area contributed by atoms with Gasteiger partial charge in [0, 0.05) is 18.8 Å². The summed E-state index contributed by atoms with van der Waals surface area (Å²) in [6.07, 6.45) is 3.07. The average Bonchev–Trinajstić information content (AvgIpc) is 2.34. The lowest BCUT2D eigenvalue weighted by atomic mass is 9.86. The predicted octanol–water partition coefficient (Wildman–Crippen LogP) is 2.44. The van der Waals surface area contributed by atoms with E-state index in [1.807, 2.05) is 12.1 Å². The molecule has 3 unspecified atom stereocenters. The number of aliphatic hydroxyl groups excluding tert-OH is 1. The monoisotopic (exact) mass is 234 g/mol. The van der Waals surface area contributed by atoms with Crippen molar-refractivity contribution in [2.45, 2.75) is 39.8 Å². The van der Waals surface area contributed by atoms with Crippen LogP contribution in [0.25, 0.3) is 0 Å². The molecule has 1 aliphatic heterocycles. The minimum atomic E-state index is 0.0651. The number of hydrogen-bond acceptors (Lipinski definition) is 3. The molecule has 0 bridgehead atoms. The van der Waals surface area contributed by atoms with E-state index >= 15 is 0 Å². The van der Waals surface area contributed by atoms with Crippen LogP contribution >= 0.6 is 0 Å². The Morgan fingerprint density at radius 3 is 2.71 bits per heavy atom. The molecule has 1 saturated heterocycles. The maximum Gasteiger partial charge on any atom is 0.128 e. The van der Waals surface area contributed by atoms with E-state index in [0.717, 1.165) is 23.8 Å². The topological polar surface area (TPSA) is 36.4 Å². The lowest BCUT2D eigenvalue weighted by Crippen LogP contribution is -2.46. The second-order valence-electron chi connectivity index (χ2n) is 5.39. The molecule has 0 aromatic carbocycles. The zero-order valence-electron chi connectivity index (χ0n) is 10.9. The standard InChI is InChI=1S/C14H22N2O/c1-10-6-11(2)12(3)16(8-10)14-5-4-13(9-17)7-15-14/h4-5,7,10-12,17H,6,8-9H2,1-3H3. The normalized spacial score (nSPS) is 29.4. The SMILES string of the molecule is CC1CC(C)C(C)N(c2ccc(CO)cn2)C1. The molecule has 0 saturated carbocycles. The molecule has 3 heteroatoms. The van der Waals surface area contributed by atoms with Crippen LogP contribution in [0.5, 0.6) is 0 Å². The summed E-state index contributed by atoms with van der Waals surface area (Å²) in [6, 6.07) is 4.52. The van der Waals surface area contributed by atoms with Gasteiger partial charge < -0.3 is 10.0 Å². The molecular weight excluding hydrogens is 212 g/mol. The summed E-state index contributed by atoms with van der Waals surface area (Å²) in [5, 5.41) is 9.02. The molecule has 0 spiro atoms. The third-order valence-electron chi connectivity index (χ3n) is 3.88. The van der Waals surface area contributed by atoms with E-state index < -0.39 is 0 Å². The fraction of sp³-hybridized carbons (Fsp3) is 0.643. The first-order valence-corrected chi connectivity index (χ1v) is 6.44. The van der Waals surface area contributed by atoms with Gasteiger partial charge >= 0.3 is 0 Å². The summed E-state index contributed by atoms with van der Waals surface area (Å²) >= 11 is 0. The van der Waals surface area contributed by atoms with Crippen LogP contribution in [-0.2, 0) is 6.61 Å². The number of aromatic nitrogens is 1. The number of pyridine rings is 1. The highest BCUT2D eigenvalue weighted by Crippen LogP contribution is 2.30. The van der Waals surface area contributed by atoms with E-state index in [9.17, 15) is 0 Å². The first-order chi connectivity index (χ1) is 8.11.